The highest BCUT2D eigenvalue weighted by Crippen LogP contribution is 2.08. The maximum atomic E-state index is 8.71. The van der Waals surface area contributed by atoms with Crippen LogP contribution in [0.2, 0.25) is 0 Å². The highest BCUT2D eigenvalue weighted by Gasteiger charge is 1.95. The van der Waals surface area contributed by atoms with E-state index in [1.807, 2.05) is 24.3 Å². The Morgan fingerprint density at radius 2 is 1.80 bits per heavy atom. The van der Waals surface area contributed by atoms with Gasteiger partial charge in [0.05, 0.1) is 0 Å². The van der Waals surface area contributed by atoms with Crippen molar-refractivity contribution in [3.05, 3.63) is 41.0 Å². The molecule has 0 fully saturated rings. The van der Waals surface area contributed by atoms with Gasteiger partial charge in [0.2, 0.25) is 0 Å². The number of allylic oxidation sites excluding steroid dienone is 1. The molecule has 1 aromatic carbocycles. The van der Waals surface area contributed by atoms with Crippen molar-refractivity contribution >= 4 is 6.08 Å². The monoisotopic (exact) mass is 198 g/mol. The van der Waals surface area contributed by atoms with Crippen molar-refractivity contribution in [3.63, 3.8) is 0 Å². The second-order valence-corrected chi connectivity index (χ2v) is 3.00. The number of aliphatic hydroxyl groups excluding tert-OH is 1. The van der Waals surface area contributed by atoms with E-state index in [1.165, 1.54) is 6.08 Å². The van der Waals surface area contributed by atoms with Crippen molar-refractivity contribution in [1.29, 1.82) is 10.5 Å². The van der Waals surface area contributed by atoms with E-state index < -0.39 is 0 Å². The lowest BCUT2D eigenvalue weighted by molar-refractivity contribution is 0.299. The lowest BCUT2D eigenvalue weighted by atomic mass is 10.1. The van der Waals surface area contributed by atoms with E-state index in [1.54, 1.807) is 12.1 Å². The minimum atomic E-state index is 0.0879. The molecule has 0 unspecified atom stereocenters. The van der Waals surface area contributed by atoms with Crippen molar-refractivity contribution in [3.8, 4) is 12.1 Å². The number of hydrogen-bond donors (Lipinski definition) is 1. The molecule has 0 aliphatic carbocycles. The average Bonchev–Trinajstić information content (AvgIpc) is 2.28. The van der Waals surface area contributed by atoms with Gasteiger partial charge in [-0.2, -0.15) is 10.5 Å². The highest BCUT2D eigenvalue weighted by atomic mass is 16.2. The van der Waals surface area contributed by atoms with E-state index in [4.69, 9.17) is 15.6 Å². The quantitative estimate of drug-likeness (QED) is 0.751. The van der Waals surface area contributed by atoms with Gasteiger partial charge in [0.15, 0.2) is 0 Å². The second kappa shape index (κ2) is 5.59. The molecule has 0 saturated heterocycles. The van der Waals surface area contributed by atoms with Gasteiger partial charge < -0.3 is 5.11 Å². The number of nitrogens with zero attached hydrogens (tertiary/aromatic N) is 2. The third kappa shape index (κ3) is 3.27. The Bertz CT molecular complexity index is 416. The van der Waals surface area contributed by atoms with E-state index in [-0.39, 0.29) is 12.2 Å². The molecule has 0 radical (unpaired) electrons. The number of aliphatic hydroxyl groups is 1. The minimum absolute atomic E-state index is 0.0879. The molecule has 1 aromatic rings. The number of benzene rings is 1. The Balaban J connectivity index is 2.87. The molecule has 0 bridgehead atoms. The minimum Gasteiger partial charge on any atom is -0.396 e. The van der Waals surface area contributed by atoms with Gasteiger partial charge in [0.1, 0.15) is 17.7 Å². The Kier molecular flexibility index (Phi) is 4.09. The molecule has 3 heteroatoms. The smallest absolute Gasteiger partial charge is 0.130 e. The van der Waals surface area contributed by atoms with E-state index in [0.29, 0.717) is 6.42 Å². The van der Waals surface area contributed by atoms with Gasteiger partial charge in [-0.15, -0.1) is 0 Å². The van der Waals surface area contributed by atoms with Crippen LogP contribution in [0.25, 0.3) is 6.08 Å². The zero-order valence-corrected chi connectivity index (χ0v) is 8.14. The molecule has 0 spiro atoms. The van der Waals surface area contributed by atoms with Crippen molar-refractivity contribution in [2.45, 2.75) is 6.42 Å². The van der Waals surface area contributed by atoms with E-state index >= 15 is 0 Å². The van der Waals surface area contributed by atoms with Crippen molar-refractivity contribution in [1.82, 2.24) is 0 Å². The SMILES string of the molecule is N#CC(C#N)=Cc1ccc(CCO)cc1. The van der Waals surface area contributed by atoms with E-state index in [2.05, 4.69) is 0 Å². The third-order valence-electron chi connectivity index (χ3n) is 1.93. The predicted molar refractivity (Wildman–Crippen MR) is 56.4 cm³/mol. The summed E-state index contributed by atoms with van der Waals surface area (Å²) in [5.74, 6) is 0. The molecule has 0 saturated carbocycles. The van der Waals surface area contributed by atoms with Gasteiger partial charge in [-0.25, -0.2) is 0 Å². The van der Waals surface area contributed by atoms with Crippen LogP contribution < -0.4 is 0 Å². The Morgan fingerprint density at radius 3 is 2.27 bits per heavy atom. The van der Waals surface area contributed by atoms with Crippen molar-refractivity contribution < 1.29 is 5.11 Å². The number of hydrogen-bond acceptors (Lipinski definition) is 3. The zero-order chi connectivity index (χ0) is 11.1. The zero-order valence-electron chi connectivity index (χ0n) is 8.14. The molecule has 1 N–H and O–H groups in total. The first-order valence-corrected chi connectivity index (χ1v) is 4.52. The first-order chi connectivity index (χ1) is 7.30. The summed E-state index contributed by atoms with van der Waals surface area (Å²) in [4.78, 5) is 0. The summed E-state index contributed by atoms with van der Waals surface area (Å²) in [6.45, 7) is 0.122. The Labute approximate surface area is 88.5 Å². The lowest BCUT2D eigenvalue weighted by Crippen LogP contribution is -1.89. The molecule has 0 amide bonds. The van der Waals surface area contributed by atoms with Gasteiger partial charge in [-0.05, 0) is 23.6 Å². The van der Waals surface area contributed by atoms with Gasteiger partial charge in [-0.1, -0.05) is 24.3 Å². The fraction of sp³-hybridized carbons (Fsp3) is 0.167. The summed E-state index contributed by atoms with van der Waals surface area (Å²) in [7, 11) is 0. The first-order valence-electron chi connectivity index (χ1n) is 4.52. The van der Waals surface area contributed by atoms with Crippen molar-refractivity contribution in [2.24, 2.45) is 0 Å². The molecule has 0 aliphatic rings. The Hall–Kier alpha value is -2.10. The average molecular weight is 198 g/mol. The maximum Gasteiger partial charge on any atom is 0.130 e. The lowest BCUT2D eigenvalue weighted by Gasteiger charge is -1.98. The summed E-state index contributed by atoms with van der Waals surface area (Å²) < 4.78 is 0. The van der Waals surface area contributed by atoms with Crippen LogP contribution in [0.4, 0.5) is 0 Å². The third-order valence-corrected chi connectivity index (χ3v) is 1.93. The van der Waals surface area contributed by atoms with E-state index in [9.17, 15) is 0 Å². The molecular formula is C12H10N2O. The van der Waals surface area contributed by atoms with Crippen LogP contribution in [-0.2, 0) is 6.42 Å². The topological polar surface area (TPSA) is 67.8 Å². The van der Waals surface area contributed by atoms with Gasteiger partial charge in [0.25, 0.3) is 0 Å². The molecule has 15 heavy (non-hydrogen) atoms. The molecule has 1 rings (SSSR count). The van der Waals surface area contributed by atoms with Crippen LogP contribution in [-0.4, -0.2) is 11.7 Å². The summed E-state index contributed by atoms with van der Waals surface area (Å²) in [6.07, 6.45) is 2.15. The Morgan fingerprint density at radius 1 is 1.20 bits per heavy atom. The van der Waals surface area contributed by atoms with Crippen LogP contribution in [0.15, 0.2) is 29.8 Å². The first kappa shape index (κ1) is 11.0. The van der Waals surface area contributed by atoms with E-state index in [0.717, 1.165) is 11.1 Å². The molecule has 0 aliphatic heterocycles. The molecule has 74 valence electrons. The molecule has 0 aromatic heterocycles. The largest absolute Gasteiger partial charge is 0.396 e. The van der Waals surface area contributed by atoms with Crippen LogP contribution >= 0.6 is 0 Å². The van der Waals surface area contributed by atoms with Crippen LogP contribution in [0.1, 0.15) is 11.1 Å². The molecule has 0 heterocycles. The number of rotatable bonds is 3. The summed E-state index contributed by atoms with van der Waals surface area (Å²) in [5, 5.41) is 25.8. The highest BCUT2D eigenvalue weighted by molar-refractivity contribution is 5.61. The van der Waals surface area contributed by atoms with Crippen LogP contribution in [0.5, 0.6) is 0 Å². The fourth-order valence-corrected chi connectivity index (χ4v) is 1.17. The van der Waals surface area contributed by atoms with Gasteiger partial charge in [-0.3, -0.25) is 0 Å². The summed E-state index contributed by atoms with van der Waals surface area (Å²) >= 11 is 0. The molecule has 0 atom stereocenters. The molecular weight excluding hydrogens is 188 g/mol. The van der Waals surface area contributed by atoms with Crippen LogP contribution in [0.3, 0.4) is 0 Å². The second-order valence-electron chi connectivity index (χ2n) is 3.00. The normalized spacial score (nSPS) is 8.73. The molecule has 3 nitrogen and oxygen atoms in total. The van der Waals surface area contributed by atoms with Crippen molar-refractivity contribution in [2.75, 3.05) is 6.61 Å². The van der Waals surface area contributed by atoms with Gasteiger partial charge >= 0.3 is 0 Å². The summed E-state index contributed by atoms with van der Waals surface area (Å²) in [5.41, 5.74) is 1.94. The van der Waals surface area contributed by atoms with Gasteiger partial charge in [0, 0.05) is 6.61 Å². The summed E-state index contributed by atoms with van der Waals surface area (Å²) in [6, 6.07) is 11.0. The predicted octanol–water partition coefficient (Wildman–Crippen LogP) is 1.65. The standard InChI is InChI=1S/C12H10N2O/c13-8-12(9-14)7-11-3-1-10(2-4-11)5-6-15/h1-4,7,15H,5-6H2. The van der Waals surface area contributed by atoms with Crippen LogP contribution in [0, 0.1) is 22.7 Å². The fourth-order valence-electron chi connectivity index (χ4n) is 1.17. The maximum absolute atomic E-state index is 8.71. The number of nitriles is 2.